The van der Waals surface area contributed by atoms with Crippen LogP contribution < -0.4 is 11.1 Å². The molecule has 0 spiro atoms. The molecular weight excluding hydrogens is 136 g/mol. The molecule has 11 heavy (non-hydrogen) atoms. The Morgan fingerprint density at radius 1 is 1.36 bits per heavy atom. The summed E-state index contributed by atoms with van der Waals surface area (Å²) in [5.74, 6) is 0.660. The molecule has 1 saturated carbocycles. The van der Waals surface area contributed by atoms with Crippen LogP contribution in [0.25, 0.3) is 0 Å². The van der Waals surface area contributed by atoms with Gasteiger partial charge in [0.15, 0.2) is 0 Å². The maximum absolute atomic E-state index is 6.00. The molecule has 1 aliphatic carbocycles. The second kappa shape index (κ2) is 3.11. The average molecular weight is 156 g/mol. The third-order valence-corrected chi connectivity index (χ3v) is 3.14. The molecule has 2 atom stereocenters. The number of hydrogen-bond donors (Lipinski definition) is 2. The van der Waals surface area contributed by atoms with Crippen molar-refractivity contribution in [2.45, 2.75) is 44.7 Å². The van der Waals surface area contributed by atoms with Crippen LogP contribution in [-0.4, -0.2) is 18.6 Å². The van der Waals surface area contributed by atoms with Gasteiger partial charge in [-0.15, -0.1) is 0 Å². The third-order valence-electron chi connectivity index (χ3n) is 3.14. The Labute approximate surface area is 69.5 Å². The van der Waals surface area contributed by atoms with E-state index in [1.165, 1.54) is 19.3 Å². The fraction of sp³-hybridized carbons (Fsp3) is 1.00. The summed E-state index contributed by atoms with van der Waals surface area (Å²) >= 11 is 0. The van der Waals surface area contributed by atoms with Gasteiger partial charge in [0.1, 0.15) is 0 Å². The van der Waals surface area contributed by atoms with Crippen molar-refractivity contribution in [3.63, 3.8) is 0 Å². The summed E-state index contributed by atoms with van der Waals surface area (Å²) in [7, 11) is 2.02. The van der Waals surface area contributed by atoms with Gasteiger partial charge >= 0.3 is 0 Å². The Balaban J connectivity index is 2.58. The lowest BCUT2D eigenvalue weighted by molar-refractivity contribution is 0.252. The van der Waals surface area contributed by atoms with Gasteiger partial charge in [0.05, 0.1) is 0 Å². The van der Waals surface area contributed by atoms with Crippen LogP contribution in [0.15, 0.2) is 0 Å². The second-order valence-corrected chi connectivity index (χ2v) is 4.17. The molecule has 3 N–H and O–H groups in total. The molecule has 2 unspecified atom stereocenters. The van der Waals surface area contributed by atoms with Crippen molar-refractivity contribution >= 4 is 0 Å². The largest absolute Gasteiger partial charge is 0.327 e. The van der Waals surface area contributed by atoms with Crippen molar-refractivity contribution in [3.8, 4) is 0 Å². The average Bonchev–Trinajstić information content (AvgIpc) is 2.36. The minimum atomic E-state index is 0.218. The van der Waals surface area contributed by atoms with Crippen LogP contribution in [0.2, 0.25) is 0 Å². The predicted octanol–water partition coefficient (Wildman–Crippen LogP) is 1.11. The topological polar surface area (TPSA) is 38.0 Å². The molecule has 66 valence electrons. The Kier molecular flexibility index (Phi) is 2.55. The van der Waals surface area contributed by atoms with Gasteiger partial charge in [0.25, 0.3) is 0 Å². The van der Waals surface area contributed by atoms with E-state index in [9.17, 15) is 0 Å². The fourth-order valence-electron chi connectivity index (χ4n) is 2.07. The highest BCUT2D eigenvalue weighted by Crippen LogP contribution is 2.32. The SMILES string of the molecule is CNC(C)(C)C1CCCC1N. The molecule has 0 radical (unpaired) electrons. The normalized spacial score (nSPS) is 32.7. The van der Waals surface area contributed by atoms with Crippen LogP contribution in [0.3, 0.4) is 0 Å². The van der Waals surface area contributed by atoms with E-state index >= 15 is 0 Å². The molecule has 2 nitrogen and oxygen atoms in total. The zero-order chi connectivity index (χ0) is 8.48. The highest BCUT2D eigenvalue weighted by molar-refractivity contribution is 4.94. The Morgan fingerprint density at radius 3 is 2.36 bits per heavy atom. The standard InChI is InChI=1S/C9H20N2/c1-9(2,11-3)7-5-4-6-8(7)10/h7-8,11H,4-6,10H2,1-3H3. The Bertz CT molecular complexity index is 132. The highest BCUT2D eigenvalue weighted by atomic mass is 14.9. The van der Waals surface area contributed by atoms with E-state index in [0.717, 1.165) is 0 Å². The number of rotatable bonds is 2. The van der Waals surface area contributed by atoms with Crippen molar-refractivity contribution in [3.05, 3.63) is 0 Å². The van der Waals surface area contributed by atoms with Gasteiger partial charge in [-0.3, -0.25) is 0 Å². The predicted molar refractivity (Wildman–Crippen MR) is 48.5 cm³/mol. The first-order valence-corrected chi connectivity index (χ1v) is 4.52. The molecular formula is C9H20N2. The minimum Gasteiger partial charge on any atom is -0.327 e. The van der Waals surface area contributed by atoms with Gasteiger partial charge < -0.3 is 11.1 Å². The molecule has 1 rings (SSSR count). The van der Waals surface area contributed by atoms with E-state index in [4.69, 9.17) is 5.73 Å². The quantitative estimate of drug-likeness (QED) is 0.628. The first kappa shape index (κ1) is 9.01. The van der Waals surface area contributed by atoms with Gasteiger partial charge in [-0.1, -0.05) is 6.42 Å². The van der Waals surface area contributed by atoms with E-state index in [1.54, 1.807) is 0 Å². The van der Waals surface area contributed by atoms with Crippen molar-refractivity contribution in [2.75, 3.05) is 7.05 Å². The first-order chi connectivity index (χ1) is 5.08. The minimum absolute atomic E-state index is 0.218. The molecule has 0 aromatic heterocycles. The van der Waals surface area contributed by atoms with Crippen LogP contribution >= 0.6 is 0 Å². The molecule has 0 aliphatic heterocycles. The van der Waals surface area contributed by atoms with Crippen LogP contribution in [0.1, 0.15) is 33.1 Å². The molecule has 0 saturated heterocycles. The molecule has 0 bridgehead atoms. The molecule has 0 aromatic rings. The smallest absolute Gasteiger partial charge is 0.0165 e. The van der Waals surface area contributed by atoms with Gasteiger partial charge in [0.2, 0.25) is 0 Å². The maximum atomic E-state index is 6.00. The molecule has 2 heteroatoms. The van der Waals surface area contributed by atoms with Gasteiger partial charge in [0, 0.05) is 11.6 Å². The zero-order valence-corrected chi connectivity index (χ0v) is 7.85. The second-order valence-electron chi connectivity index (χ2n) is 4.17. The lowest BCUT2D eigenvalue weighted by atomic mass is 9.84. The van der Waals surface area contributed by atoms with E-state index in [1.807, 2.05) is 7.05 Å². The van der Waals surface area contributed by atoms with Gasteiger partial charge in [-0.2, -0.15) is 0 Å². The lowest BCUT2D eigenvalue weighted by Crippen LogP contribution is -2.49. The number of nitrogens with two attached hydrogens (primary N) is 1. The third kappa shape index (κ3) is 1.74. The maximum Gasteiger partial charge on any atom is 0.0165 e. The van der Waals surface area contributed by atoms with Crippen LogP contribution in [0.4, 0.5) is 0 Å². The van der Waals surface area contributed by atoms with Gasteiger partial charge in [-0.05, 0) is 39.7 Å². The summed E-state index contributed by atoms with van der Waals surface area (Å²) in [4.78, 5) is 0. The monoisotopic (exact) mass is 156 g/mol. The van der Waals surface area contributed by atoms with E-state index < -0.39 is 0 Å². The summed E-state index contributed by atoms with van der Waals surface area (Å²) in [5, 5.41) is 3.33. The summed E-state index contributed by atoms with van der Waals surface area (Å²) in [5.41, 5.74) is 6.22. The van der Waals surface area contributed by atoms with Crippen molar-refractivity contribution < 1.29 is 0 Å². The number of nitrogens with one attached hydrogen (secondary N) is 1. The first-order valence-electron chi connectivity index (χ1n) is 4.52. The van der Waals surface area contributed by atoms with E-state index in [2.05, 4.69) is 19.2 Å². The summed E-state index contributed by atoms with van der Waals surface area (Å²) in [6.45, 7) is 4.48. The van der Waals surface area contributed by atoms with E-state index in [-0.39, 0.29) is 5.54 Å². The zero-order valence-electron chi connectivity index (χ0n) is 7.85. The summed E-state index contributed by atoms with van der Waals surface area (Å²) < 4.78 is 0. The number of hydrogen-bond acceptors (Lipinski definition) is 2. The Hall–Kier alpha value is -0.0800. The molecule has 0 aromatic carbocycles. The fourth-order valence-corrected chi connectivity index (χ4v) is 2.07. The highest BCUT2D eigenvalue weighted by Gasteiger charge is 2.35. The van der Waals surface area contributed by atoms with Crippen LogP contribution in [0.5, 0.6) is 0 Å². The van der Waals surface area contributed by atoms with E-state index in [0.29, 0.717) is 12.0 Å². The van der Waals surface area contributed by atoms with Crippen molar-refractivity contribution in [2.24, 2.45) is 11.7 Å². The molecule has 1 aliphatic rings. The van der Waals surface area contributed by atoms with Crippen molar-refractivity contribution in [1.29, 1.82) is 0 Å². The Morgan fingerprint density at radius 2 is 2.00 bits per heavy atom. The summed E-state index contributed by atoms with van der Waals surface area (Å²) in [6.07, 6.45) is 3.79. The van der Waals surface area contributed by atoms with Crippen LogP contribution in [-0.2, 0) is 0 Å². The van der Waals surface area contributed by atoms with Crippen molar-refractivity contribution in [1.82, 2.24) is 5.32 Å². The van der Waals surface area contributed by atoms with Gasteiger partial charge in [-0.25, -0.2) is 0 Å². The molecule has 0 amide bonds. The van der Waals surface area contributed by atoms with Crippen LogP contribution in [0, 0.1) is 5.92 Å². The summed E-state index contributed by atoms with van der Waals surface area (Å²) in [6, 6.07) is 0.414. The molecule has 0 heterocycles. The molecule has 1 fully saturated rings. The lowest BCUT2D eigenvalue weighted by Gasteiger charge is -2.34.